The van der Waals surface area contributed by atoms with Gasteiger partial charge in [-0.05, 0) is 28.5 Å². The van der Waals surface area contributed by atoms with Gasteiger partial charge in [-0.1, -0.05) is 54.1 Å². The SMILES string of the molecule is O=[N+]([O-])c1ccc(Cl)cc1NCc1cccc2ccccc12. The zero-order valence-corrected chi connectivity index (χ0v) is 12.4. The summed E-state index contributed by atoms with van der Waals surface area (Å²) in [6.07, 6.45) is 0. The van der Waals surface area contributed by atoms with Gasteiger partial charge < -0.3 is 5.32 Å². The first kappa shape index (κ1) is 14.4. The summed E-state index contributed by atoms with van der Waals surface area (Å²) in [6.45, 7) is 0.489. The van der Waals surface area contributed by atoms with Crippen molar-refractivity contribution < 1.29 is 4.92 Å². The molecule has 22 heavy (non-hydrogen) atoms. The number of rotatable bonds is 4. The largest absolute Gasteiger partial charge is 0.375 e. The van der Waals surface area contributed by atoms with Crippen molar-refractivity contribution in [3.63, 3.8) is 0 Å². The highest BCUT2D eigenvalue weighted by Gasteiger charge is 2.13. The van der Waals surface area contributed by atoms with Crippen LogP contribution < -0.4 is 5.32 Å². The second-order valence-corrected chi connectivity index (χ2v) is 5.35. The van der Waals surface area contributed by atoms with Gasteiger partial charge in [0.15, 0.2) is 0 Å². The number of anilines is 1. The van der Waals surface area contributed by atoms with E-state index in [-0.39, 0.29) is 5.69 Å². The van der Waals surface area contributed by atoms with Crippen molar-refractivity contribution in [2.24, 2.45) is 0 Å². The summed E-state index contributed by atoms with van der Waals surface area (Å²) in [7, 11) is 0. The molecule has 4 nitrogen and oxygen atoms in total. The van der Waals surface area contributed by atoms with Crippen molar-refractivity contribution in [3.05, 3.63) is 81.4 Å². The van der Waals surface area contributed by atoms with E-state index in [0.29, 0.717) is 17.3 Å². The van der Waals surface area contributed by atoms with E-state index in [9.17, 15) is 10.1 Å². The van der Waals surface area contributed by atoms with E-state index in [1.165, 1.54) is 12.1 Å². The van der Waals surface area contributed by atoms with Gasteiger partial charge in [-0.3, -0.25) is 10.1 Å². The average Bonchev–Trinajstić information content (AvgIpc) is 2.52. The van der Waals surface area contributed by atoms with Gasteiger partial charge in [-0.15, -0.1) is 0 Å². The maximum atomic E-state index is 11.1. The molecular weight excluding hydrogens is 300 g/mol. The summed E-state index contributed by atoms with van der Waals surface area (Å²) in [5, 5.41) is 16.9. The quantitative estimate of drug-likeness (QED) is 0.544. The third kappa shape index (κ3) is 2.87. The molecule has 0 aromatic heterocycles. The lowest BCUT2D eigenvalue weighted by Crippen LogP contribution is -2.03. The maximum absolute atomic E-state index is 11.1. The second-order valence-electron chi connectivity index (χ2n) is 4.91. The summed E-state index contributed by atoms with van der Waals surface area (Å²) in [5.74, 6) is 0. The number of benzene rings is 3. The second kappa shape index (κ2) is 6.03. The molecule has 0 saturated heterocycles. The number of halogens is 1. The molecule has 0 heterocycles. The Kier molecular flexibility index (Phi) is 3.94. The van der Waals surface area contributed by atoms with Crippen LogP contribution in [0.1, 0.15) is 5.56 Å². The number of nitrogens with zero attached hydrogens (tertiary/aromatic N) is 1. The topological polar surface area (TPSA) is 55.2 Å². The predicted octanol–water partition coefficient (Wildman–Crippen LogP) is 5.01. The van der Waals surface area contributed by atoms with Gasteiger partial charge in [-0.2, -0.15) is 0 Å². The Morgan fingerprint density at radius 3 is 2.64 bits per heavy atom. The summed E-state index contributed by atoms with van der Waals surface area (Å²) in [6, 6.07) is 18.6. The summed E-state index contributed by atoms with van der Waals surface area (Å²) in [5.41, 5.74) is 1.52. The van der Waals surface area contributed by atoms with Crippen LogP contribution in [0.5, 0.6) is 0 Å². The number of fused-ring (bicyclic) bond motifs is 1. The third-order valence-corrected chi connectivity index (χ3v) is 3.74. The Morgan fingerprint density at radius 2 is 1.82 bits per heavy atom. The Bertz CT molecular complexity index is 844. The van der Waals surface area contributed by atoms with Crippen molar-refractivity contribution in [2.75, 3.05) is 5.32 Å². The Morgan fingerprint density at radius 1 is 1.05 bits per heavy atom. The first-order valence-electron chi connectivity index (χ1n) is 6.79. The summed E-state index contributed by atoms with van der Waals surface area (Å²) in [4.78, 5) is 10.7. The molecule has 110 valence electrons. The molecule has 0 radical (unpaired) electrons. The molecule has 3 aromatic rings. The lowest BCUT2D eigenvalue weighted by atomic mass is 10.0. The fourth-order valence-corrected chi connectivity index (χ4v) is 2.62. The smallest absolute Gasteiger partial charge is 0.292 e. The lowest BCUT2D eigenvalue weighted by molar-refractivity contribution is -0.384. The van der Waals surface area contributed by atoms with Crippen LogP contribution in [0.2, 0.25) is 5.02 Å². The van der Waals surface area contributed by atoms with Gasteiger partial charge in [0.05, 0.1) is 4.92 Å². The molecule has 1 N–H and O–H groups in total. The molecule has 3 aromatic carbocycles. The van der Waals surface area contributed by atoms with E-state index in [1.807, 2.05) is 42.5 Å². The maximum Gasteiger partial charge on any atom is 0.292 e. The van der Waals surface area contributed by atoms with E-state index >= 15 is 0 Å². The minimum Gasteiger partial charge on any atom is -0.375 e. The van der Waals surface area contributed by atoms with E-state index in [4.69, 9.17) is 11.6 Å². The molecule has 0 atom stereocenters. The highest BCUT2D eigenvalue weighted by Crippen LogP contribution is 2.28. The predicted molar refractivity (Wildman–Crippen MR) is 89.4 cm³/mol. The fourth-order valence-electron chi connectivity index (χ4n) is 2.45. The van der Waals surface area contributed by atoms with E-state index < -0.39 is 4.92 Å². The molecular formula is C17H13ClN2O2. The van der Waals surface area contributed by atoms with E-state index in [1.54, 1.807) is 6.07 Å². The van der Waals surface area contributed by atoms with Crippen LogP contribution in [0.4, 0.5) is 11.4 Å². The average molecular weight is 313 g/mol. The Balaban J connectivity index is 1.92. The number of nitro benzene ring substituents is 1. The summed E-state index contributed by atoms with van der Waals surface area (Å²) < 4.78 is 0. The molecule has 3 rings (SSSR count). The fraction of sp³-hybridized carbons (Fsp3) is 0.0588. The molecule has 0 spiro atoms. The molecule has 0 aliphatic heterocycles. The van der Waals surface area contributed by atoms with Crippen LogP contribution in [-0.2, 0) is 6.54 Å². The first-order chi connectivity index (χ1) is 10.6. The number of nitrogens with one attached hydrogen (secondary N) is 1. The van der Waals surface area contributed by atoms with Crippen LogP contribution in [0.15, 0.2) is 60.7 Å². The molecule has 0 fully saturated rings. The Hall–Kier alpha value is -2.59. The van der Waals surface area contributed by atoms with Gasteiger partial charge in [0.2, 0.25) is 0 Å². The summed E-state index contributed by atoms with van der Waals surface area (Å²) >= 11 is 5.94. The van der Waals surface area contributed by atoms with Crippen molar-refractivity contribution in [2.45, 2.75) is 6.54 Å². The monoisotopic (exact) mass is 312 g/mol. The first-order valence-corrected chi connectivity index (χ1v) is 7.17. The molecule has 5 heteroatoms. The third-order valence-electron chi connectivity index (χ3n) is 3.50. The van der Waals surface area contributed by atoms with Crippen LogP contribution in [-0.4, -0.2) is 4.92 Å². The van der Waals surface area contributed by atoms with E-state index in [0.717, 1.165) is 16.3 Å². The van der Waals surface area contributed by atoms with Gasteiger partial charge in [0, 0.05) is 17.6 Å². The van der Waals surface area contributed by atoms with Crippen molar-refractivity contribution in [3.8, 4) is 0 Å². The molecule has 0 bridgehead atoms. The minimum atomic E-state index is -0.415. The molecule has 0 aliphatic rings. The van der Waals surface area contributed by atoms with Gasteiger partial charge in [-0.25, -0.2) is 0 Å². The zero-order valence-electron chi connectivity index (χ0n) is 11.6. The van der Waals surface area contributed by atoms with Crippen molar-refractivity contribution in [1.82, 2.24) is 0 Å². The normalized spacial score (nSPS) is 10.6. The number of nitro groups is 1. The van der Waals surface area contributed by atoms with Crippen LogP contribution >= 0.6 is 11.6 Å². The zero-order chi connectivity index (χ0) is 15.5. The van der Waals surface area contributed by atoms with Crippen LogP contribution in [0.3, 0.4) is 0 Å². The molecule has 0 saturated carbocycles. The van der Waals surface area contributed by atoms with Gasteiger partial charge in [0.25, 0.3) is 5.69 Å². The molecule has 0 unspecified atom stereocenters. The van der Waals surface area contributed by atoms with Crippen LogP contribution in [0.25, 0.3) is 10.8 Å². The molecule has 0 amide bonds. The van der Waals surface area contributed by atoms with Gasteiger partial charge >= 0.3 is 0 Å². The minimum absolute atomic E-state index is 0.0182. The van der Waals surface area contributed by atoms with Crippen molar-refractivity contribution in [1.29, 1.82) is 0 Å². The highest BCUT2D eigenvalue weighted by atomic mass is 35.5. The lowest BCUT2D eigenvalue weighted by Gasteiger charge is -2.10. The van der Waals surface area contributed by atoms with E-state index in [2.05, 4.69) is 5.32 Å². The van der Waals surface area contributed by atoms with Crippen molar-refractivity contribution >= 4 is 33.7 Å². The highest BCUT2D eigenvalue weighted by molar-refractivity contribution is 6.31. The van der Waals surface area contributed by atoms with Gasteiger partial charge in [0.1, 0.15) is 5.69 Å². The van der Waals surface area contributed by atoms with Crippen LogP contribution in [0, 0.1) is 10.1 Å². The standard InChI is InChI=1S/C17H13ClN2O2/c18-14-8-9-17(20(21)22)16(10-14)19-11-13-6-3-5-12-4-1-2-7-15(12)13/h1-10,19H,11H2. The number of hydrogen-bond acceptors (Lipinski definition) is 3. The Labute approximate surface area is 132 Å². The number of hydrogen-bond donors (Lipinski definition) is 1. The molecule has 0 aliphatic carbocycles.